The Bertz CT molecular complexity index is 473. The van der Waals surface area contributed by atoms with Crippen LogP contribution in [0.5, 0.6) is 0 Å². The number of carboxylic acids is 1. The normalized spacial score (nSPS) is 22.4. The van der Waals surface area contributed by atoms with E-state index in [2.05, 4.69) is 34.1 Å². The fourth-order valence-corrected chi connectivity index (χ4v) is 3.34. The quantitative estimate of drug-likeness (QED) is 0.837. The van der Waals surface area contributed by atoms with Crippen molar-refractivity contribution in [2.75, 3.05) is 24.5 Å². The van der Waals surface area contributed by atoms with Gasteiger partial charge in [0.2, 0.25) is 0 Å². The molecule has 1 N–H and O–H groups in total. The molecule has 1 saturated heterocycles. The molecule has 1 aromatic carbocycles. The van der Waals surface area contributed by atoms with E-state index in [1.807, 2.05) is 6.07 Å². The second-order valence-corrected chi connectivity index (χ2v) is 6.19. The Morgan fingerprint density at radius 1 is 1.24 bits per heavy atom. The highest BCUT2D eigenvalue weighted by molar-refractivity contribution is 5.66. The van der Waals surface area contributed by atoms with Crippen LogP contribution in [-0.2, 0) is 4.79 Å². The van der Waals surface area contributed by atoms with Crippen LogP contribution in [0, 0.1) is 0 Å². The van der Waals surface area contributed by atoms with Crippen molar-refractivity contribution < 1.29 is 9.90 Å². The number of benzene rings is 1. The number of hydrogen-bond acceptors (Lipinski definition) is 3. The molecule has 0 spiro atoms. The summed E-state index contributed by atoms with van der Waals surface area (Å²) in [6.45, 7) is 3.16. The van der Waals surface area contributed by atoms with E-state index in [4.69, 9.17) is 5.11 Å². The highest BCUT2D eigenvalue weighted by Crippen LogP contribution is 2.32. The van der Waals surface area contributed by atoms with Crippen LogP contribution >= 0.6 is 0 Å². The molecular weight excluding hydrogens is 264 g/mol. The summed E-state index contributed by atoms with van der Waals surface area (Å²) < 4.78 is 0. The van der Waals surface area contributed by atoms with Crippen LogP contribution in [0.25, 0.3) is 0 Å². The lowest BCUT2D eigenvalue weighted by molar-refractivity contribution is -0.137. The predicted octanol–water partition coefficient (Wildman–Crippen LogP) is 2.59. The van der Waals surface area contributed by atoms with Crippen molar-refractivity contribution in [2.45, 2.75) is 44.2 Å². The molecule has 1 aliphatic heterocycles. The van der Waals surface area contributed by atoms with Gasteiger partial charge in [0.05, 0.1) is 0 Å². The van der Waals surface area contributed by atoms with E-state index in [0.717, 1.165) is 19.1 Å². The summed E-state index contributed by atoms with van der Waals surface area (Å²) in [6.07, 6.45) is 4.87. The van der Waals surface area contributed by atoms with Gasteiger partial charge in [0.1, 0.15) is 0 Å². The van der Waals surface area contributed by atoms with Crippen molar-refractivity contribution in [3.63, 3.8) is 0 Å². The van der Waals surface area contributed by atoms with Gasteiger partial charge in [-0.05, 0) is 37.8 Å². The van der Waals surface area contributed by atoms with Gasteiger partial charge in [0.15, 0.2) is 0 Å². The predicted molar refractivity (Wildman–Crippen MR) is 83.7 cm³/mol. The average Bonchev–Trinajstić information content (AvgIpc) is 3.23. The van der Waals surface area contributed by atoms with Gasteiger partial charge in [0.25, 0.3) is 0 Å². The van der Waals surface area contributed by atoms with Gasteiger partial charge in [-0.1, -0.05) is 18.2 Å². The number of anilines is 1. The molecule has 2 aliphatic rings. The molecule has 4 heteroatoms. The molecule has 0 bridgehead atoms. The zero-order valence-corrected chi connectivity index (χ0v) is 12.4. The summed E-state index contributed by atoms with van der Waals surface area (Å²) in [5.74, 6) is -0.700. The first-order valence-electron chi connectivity index (χ1n) is 8.01. The summed E-state index contributed by atoms with van der Waals surface area (Å²) in [7, 11) is 0. The van der Waals surface area contributed by atoms with Crippen LogP contribution in [0.15, 0.2) is 30.3 Å². The number of likely N-dealkylation sites (tertiary alicyclic amines) is 1. The van der Waals surface area contributed by atoms with E-state index >= 15 is 0 Å². The molecule has 0 radical (unpaired) electrons. The Kier molecular flexibility index (Phi) is 4.44. The standard InChI is InChI=1S/C17H24N2O2/c20-17(21)7-4-11-19(15-5-2-1-3-6-15)16-10-12-18(13-16)14-8-9-14/h1-3,5-6,14,16H,4,7-13H2,(H,20,21). The van der Waals surface area contributed by atoms with Crippen molar-refractivity contribution >= 4 is 11.7 Å². The largest absolute Gasteiger partial charge is 0.481 e. The molecule has 1 heterocycles. The van der Waals surface area contributed by atoms with Gasteiger partial charge in [-0.25, -0.2) is 0 Å². The van der Waals surface area contributed by atoms with Gasteiger partial charge < -0.3 is 10.0 Å². The minimum Gasteiger partial charge on any atom is -0.481 e. The molecular formula is C17H24N2O2. The van der Waals surface area contributed by atoms with E-state index in [1.54, 1.807) is 0 Å². The second kappa shape index (κ2) is 6.48. The van der Waals surface area contributed by atoms with Crippen LogP contribution in [-0.4, -0.2) is 47.7 Å². The van der Waals surface area contributed by atoms with Gasteiger partial charge in [-0.15, -0.1) is 0 Å². The Morgan fingerprint density at radius 3 is 2.67 bits per heavy atom. The van der Waals surface area contributed by atoms with Gasteiger partial charge >= 0.3 is 5.97 Å². The molecule has 21 heavy (non-hydrogen) atoms. The van der Waals surface area contributed by atoms with E-state index in [9.17, 15) is 4.79 Å². The molecule has 1 atom stereocenters. The monoisotopic (exact) mass is 288 g/mol. The van der Waals surface area contributed by atoms with Crippen molar-refractivity contribution in [3.8, 4) is 0 Å². The third-order valence-corrected chi connectivity index (χ3v) is 4.58. The summed E-state index contributed by atoms with van der Waals surface area (Å²) in [6, 6.07) is 11.8. The number of carboxylic acid groups (broad SMARTS) is 1. The molecule has 0 amide bonds. The summed E-state index contributed by atoms with van der Waals surface area (Å²) in [5, 5.41) is 8.86. The molecule has 1 unspecified atom stereocenters. The summed E-state index contributed by atoms with van der Waals surface area (Å²) in [4.78, 5) is 15.8. The van der Waals surface area contributed by atoms with Crippen LogP contribution in [0.4, 0.5) is 5.69 Å². The Balaban J connectivity index is 1.65. The van der Waals surface area contributed by atoms with Crippen LogP contribution in [0.1, 0.15) is 32.1 Å². The van der Waals surface area contributed by atoms with Crippen LogP contribution < -0.4 is 4.90 Å². The fraction of sp³-hybridized carbons (Fsp3) is 0.588. The maximum Gasteiger partial charge on any atom is 0.303 e. The molecule has 1 saturated carbocycles. The van der Waals surface area contributed by atoms with Crippen molar-refractivity contribution in [3.05, 3.63) is 30.3 Å². The second-order valence-electron chi connectivity index (χ2n) is 6.19. The van der Waals surface area contributed by atoms with E-state index in [-0.39, 0.29) is 6.42 Å². The van der Waals surface area contributed by atoms with Gasteiger partial charge in [0, 0.05) is 43.8 Å². The molecule has 114 valence electrons. The van der Waals surface area contributed by atoms with Crippen molar-refractivity contribution in [1.82, 2.24) is 4.90 Å². The topological polar surface area (TPSA) is 43.8 Å². The molecule has 4 nitrogen and oxygen atoms in total. The first-order valence-corrected chi connectivity index (χ1v) is 8.01. The number of carbonyl (C=O) groups is 1. The third kappa shape index (κ3) is 3.76. The average molecular weight is 288 g/mol. The van der Waals surface area contributed by atoms with Crippen molar-refractivity contribution in [1.29, 1.82) is 0 Å². The highest BCUT2D eigenvalue weighted by Gasteiger charge is 2.36. The first-order chi connectivity index (χ1) is 10.2. The van der Waals surface area contributed by atoms with Crippen LogP contribution in [0.2, 0.25) is 0 Å². The maximum atomic E-state index is 10.8. The molecule has 0 aromatic heterocycles. The Labute approximate surface area is 126 Å². The van der Waals surface area contributed by atoms with Crippen LogP contribution in [0.3, 0.4) is 0 Å². The lowest BCUT2D eigenvalue weighted by atomic mass is 10.1. The van der Waals surface area contributed by atoms with Gasteiger partial charge in [-0.2, -0.15) is 0 Å². The molecule has 1 aromatic rings. The van der Waals surface area contributed by atoms with Crippen molar-refractivity contribution in [2.24, 2.45) is 0 Å². The summed E-state index contributed by atoms with van der Waals surface area (Å²) in [5.41, 5.74) is 1.23. The SMILES string of the molecule is O=C(O)CCCN(c1ccccc1)C1CCN(C2CC2)C1. The molecule has 1 aliphatic carbocycles. The third-order valence-electron chi connectivity index (χ3n) is 4.58. The Hall–Kier alpha value is -1.55. The Morgan fingerprint density at radius 2 is 2.00 bits per heavy atom. The fourth-order valence-electron chi connectivity index (χ4n) is 3.34. The lowest BCUT2D eigenvalue weighted by Crippen LogP contribution is -2.39. The zero-order valence-electron chi connectivity index (χ0n) is 12.4. The zero-order chi connectivity index (χ0) is 14.7. The highest BCUT2D eigenvalue weighted by atomic mass is 16.4. The minimum atomic E-state index is -0.700. The minimum absolute atomic E-state index is 0.252. The number of hydrogen-bond donors (Lipinski definition) is 1. The molecule has 3 rings (SSSR count). The number of rotatable bonds is 7. The van der Waals surface area contributed by atoms with E-state index < -0.39 is 5.97 Å². The number of nitrogens with zero attached hydrogens (tertiary/aromatic N) is 2. The lowest BCUT2D eigenvalue weighted by Gasteiger charge is -2.31. The smallest absolute Gasteiger partial charge is 0.303 e. The van der Waals surface area contributed by atoms with Gasteiger partial charge in [-0.3, -0.25) is 9.69 Å². The maximum absolute atomic E-state index is 10.8. The van der Waals surface area contributed by atoms with E-state index in [1.165, 1.54) is 31.5 Å². The molecule has 2 fully saturated rings. The number of aliphatic carboxylic acids is 1. The first kappa shape index (κ1) is 14.4. The summed E-state index contributed by atoms with van der Waals surface area (Å²) >= 11 is 0. The number of para-hydroxylation sites is 1. The van der Waals surface area contributed by atoms with E-state index in [0.29, 0.717) is 12.5 Å².